The van der Waals surface area contributed by atoms with Crippen molar-refractivity contribution < 1.29 is 0 Å². The Balaban J connectivity index is 1.68. The summed E-state index contributed by atoms with van der Waals surface area (Å²) in [6.45, 7) is 7.04. The van der Waals surface area contributed by atoms with Crippen molar-refractivity contribution in [2.75, 3.05) is 25.0 Å². The summed E-state index contributed by atoms with van der Waals surface area (Å²) in [4.78, 5) is 4.79. The molecule has 2 aromatic rings. The van der Waals surface area contributed by atoms with Crippen LogP contribution in [0.3, 0.4) is 0 Å². The van der Waals surface area contributed by atoms with Crippen molar-refractivity contribution in [1.82, 2.24) is 25.1 Å². The van der Waals surface area contributed by atoms with Crippen LogP contribution in [-0.2, 0) is 19.6 Å². The number of hydrogen-bond acceptors (Lipinski definition) is 5. The van der Waals surface area contributed by atoms with Gasteiger partial charge in [0, 0.05) is 31.9 Å². The third-order valence-corrected chi connectivity index (χ3v) is 4.33. The first-order valence-corrected chi connectivity index (χ1v) is 8.54. The Bertz CT molecular complexity index is 617. The molecule has 6 heteroatoms. The van der Waals surface area contributed by atoms with Gasteiger partial charge in [-0.05, 0) is 48.4 Å². The molecule has 23 heavy (non-hydrogen) atoms. The van der Waals surface area contributed by atoms with Crippen molar-refractivity contribution >= 4 is 5.69 Å². The van der Waals surface area contributed by atoms with Crippen molar-refractivity contribution in [2.45, 2.75) is 45.8 Å². The molecule has 0 spiro atoms. The van der Waals surface area contributed by atoms with Gasteiger partial charge < -0.3 is 4.90 Å². The summed E-state index contributed by atoms with van der Waals surface area (Å²) in [5.74, 6) is 0.938. The summed E-state index contributed by atoms with van der Waals surface area (Å²) in [5, 5.41) is 12.0. The summed E-state index contributed by atoms with van der Waals surface area (Å²) in [6.07, 6.45) is 3.64. The fourth-order valence-electron chi connectivity index (χ4n) is 3.22. The minimum atomic E-state index is 0.765. The average molecular weight is 314 g/mol. The third-order valence-electron chi connectivity index (χ3n) is 4.33. The largest absolute Gasteiger partial charge is 0.371 e. The SMILES string of the molecule is CCCn1nnnc1CN(C)Cc1ccccc1N1CCCC1. The smallest absolute Gasteiger partial charge is 0.165 e. The number of rotatable bonds is 7. The molecule has 124 valence electrons. The Morgan fingerprint density at radius 3 is 2.70 bits per heavy atom. The van der Waals surface area contributed by atoms with Gasteiger partial charge >= 0.3 is 0 Å². The normalized spacial score (nSPS) is 14.8. The number of benzene rings is 1. The van der Waals surface area contributed by atoms with E-state index in [1.807, 2.05) is 4.68 Å². The van der Waals surface area contributed by atoms with Crippen molar-refractivity contribution in [2.24, 2.45) is 0 Å². The molecule has 0 saturated carbocycles. The van der Waals surface area contributed by atoms with Crippen molar-refractivity contribution in [3.05, 3.63) is 35.7 Å². The number of nitrogens with zero attached hydrogens (tertiary/aromatic N) is 6. The topological polar surface area (TPSA) is 50.1 Å². The first-order chi connectivity index (χ1) is 11.3. The maximum Gasteiger partial charge on any atom is 0.165 e. The van der Waals surface area contributed by atoms with Gasteiger partial charge in [-0.25, -0.2) is 4.68 Å². The highest BCUT2D eigenvalue weighted by atomic mass is 15.5. The van der Waals surface area contributed by atoms with Crippen LogP contribution in [0.15, 0.2) is 24.3 Å². The molecule has 0 bridgehead atoms. The molecule has 0 unspecified atom stereocenters. The molecule has 0 atom stereocenters. The van der Waals surface area contributed by atoms with Crippen LogP contribution in [0.25, 0.3) is 0 Å². The molecule has 2 heterocycles. The Kier molecular flexibility index (Phi) is 5.23. The van der Waals surface area contributed by atoms with Crippen LogP contribution in [0.2, 0.25) is 0 Å². The van der Waals surface area contributed by atoms with E-state index in [4.69, 9.17) is 0 Å². The molecular weight excluding hydrogens is 288 g/mol. The van der Waals surface area contributed by atoms with Crippen LogP contribution in [0.1, 0.15) is 37.6 Å². The number of anilines is 1. The van der Waals surface area contributed by atoms with E-state index in [1.165, 1.54) is 37.2 Å². The van der Waals surface area contributed by atoms with Gasteiger partial charge in [0.2, 0.25) is 0 Å². The minimum absolute atomic E-state index is 0.765. The third kappa shape index (κ3) is 3.88. The van der Waals surface area contributed by atoms with Crippen LogP contribution >= 0.6 is 0 Å². The van der Waals surface area contributed by atoms with E-state index in [1.54, 1.807) is 0 Å². The van der Waals surface area contributed by atoms with E-state index < -0.39 is 0 Å². The second kappa shape index (κ2) is 7.55. The number of para-hydroxylation sites is 1. The molecule has 1 saturated heterocycles. The Morgan fingerprint density at radius 2 is 1.91 bits per heavy atom. The van der Waals surface area contributed by atoms with Crippen molar-refractivity contribution in [3.63, 3.8) is 0 Å². The molecule has 1 aromatic heterocycles. The molecule has 0 N–H and O–H groups in total. The zero-order chi connectivity index (χ0) is 16.1. The fourth-order valence-corrected chi connectivity index (χ4v) is 3.22. The highest BCUT2D eigenvalue weighted by Crippen LogP contribution is 2.25. The van der Waals surface area contributed by atoms with Gasteiger partial charge in [0.25, 0.3) is 0 Å². The van der Waals surface area contributed by atoms with E-state index in [0.717, 1.165) is 31.9 Å². The van der Waals surface area contributed by atoms with E-state index in [0.29, 0.717) is 0 Å². The highest BCUT2D eigenvalue weighted by Gasteiger charge is 2.16. The van der Waals surface area contributed by atoms with Gasteiger partial charge in [-0.2, -0.15) is 0 Å². The van der Waals surface area contributed by atoms with E-state index in [9.17, 15) is 0 Å². The molecule has 1 aromatic carbocycles. The first kappa shape index (κ1) is 15.9. The lowest BCUT2D eigenvalue weighted by atomic mass is 10.1. The lowest BCUT2D eigenvalue weighted by molar-refractivity contribution is 0.302. The lowest BCUT2D eigenvalue weighted by Gasteiger charge is -2.24. The molecule has 6 nitrogen and oxygen atoms in total. The lowest BCUT2D eigenvalue weighted by Crippen LogP contribution is -2.24. The van der Waals surface area contributed by atoms with Crippen LogP contribution in [-0.4, -0.2) is 45.2 Å². The molecule has 0 amide bonds. The maximum atomic E-state index is 4.17. The number of aromatic nitrogens is 4. The Hall–Kier alpha value is -1.95. The molecular formula is C17H26N6. The summed E-state index contributed by atoms with van der Waals surface area (Å²) in [7, 11) is 2.13. The predicted molar refractivity (Wildman–Crippen MR) is 91.2 cm³/mol. The summed E-state index contributed by atoms with van der Waals surface area (Å²) in [6, 6.07) is 8.75. The van der Waals surface area contributed by atoms with Crippen LogP contribution in [0, 0.1) is 0 Å². The zero-order valence-electron chi connectivity index (χ0n) is 14.1. The maximum absolute atomic E-state index is 4.17. The predicted octanol–water partition coefficient (Wildman–Crippen LogP) is 2.32. The van der Waals surface area contributed by atoms with Gasteiger partial charge in [0.05, 0.1) is 6.54 Å². The summed E-state index contributed by atoms with van der Waals surface area (Å²) in [5.41, 5.74) is 2.76. The van der Waals surface area contributed by atoms with E-state index >= 15 is 0 Å². The monoisotopic (exact) mass is 314 g/mol. The Morgan fingerprint density at radius 1 is 1.13 bits per heavy atom. The summed E-state index contributed by atoms with van der Waals surface area (Å²) < 4.78 is 1.91. The molecule has 1 aliphatic rings. The van der Waals surface area contributed by atoms with Gasteiger partial charge in [-0.1, -0.05) is 25.1 Å². The van der Waals surface area contributed by atoms with Crippen LogP contribution < -0.4 is 4.90 Å². The number of hydrogen-bond donors (Lipinski definition) is 0. The van der Waals surface area contributed by atoms with Crippen molar-refractivity contribution in [3.8, 4) is 0 Å². The second-order valence-corrected chi connectivity index (χ2v) is 6.31. The average Bonchev–Trinajstić information content (AvgIpc) is 3.21. The molecule has 1 fully saturated rings. The van der Waals surface area contributed by atoms with Gasteiger partial charge in [-0.3, -0.25) is 4.90 Å². The second-order valence-electron chi connectivity index (χ2n) is 6.31. The highest BCUT2D eigenvalue weighted by molar-refractivity contribution is 5.54. The summed E-state index contributed by atoms with van der Waals surface area (Å²) >= 11 is 0. The van der Waals surface area contributed by atoms with Gasteiger partial charge in [-0.15, -0.1) is 5.10 Å². The van der Waals surface area contributed by atoms with Gasteiger partial charge in [0.1, 0.15) is 0 Å². The number of aryl methyl sites for hydroxylation is 1. The molecule has 0 radical (unpaired) electrons. The quantitative estimate of drug-likeness (QED) is 0.785. The molecule has 1 aliphatic heterocycles. The molecule has 0 aliphatic carbocycles. The molecule has 3 rings (SSSR count). The van der Waals surface area contributed by atoms with Crippen molar-refractivity contribution in [1.29, 1.82) is 0 Å². The standard InChI is InChI=1S/C17H26N6/c1-3-10-23-17(18-19-20-23)14-21(2)13-15-8-4-5-9-16(15)22-11-6-7-12-22/h4-5,8-9H,3,6-7,10-14H2,1-2H3. The van der Waals surface area contributed by atoms with Crippen LogP contribution in [0.5, 0.6) is 0 Å². The minimum Gasteiger partial charge on any atom is -0.371 e. The van der Waals surface area contributed by atoms with E-state index in [2.05, 4.69) is 63.6 Å². The number of tetrazole rings is 1. The Labute approximate surface area is 138 Å². The fraction of sp³-hybridized carbons (Fsp3) is 0.588. The zero-order valence-corrected chi connectivity index (χ0v) is 14.1. The first-order valence-electron chi connectivity index (χ1n) is 8.54. The van der Waals surface area contributed by atoms with E-state index in [-0.39, 0.29) is 0 Å². The van der Waals surface area contributed by atoms with Crippen LogP contribution in [0.4, 0.5) is 5.69 Å². The van der Waals surface area contributed by atoms with Gasteiger partial charge in [0.15, 0.2) is 5.82 Å².